The van der Waals surface area contributed by atoms with E-state index in [0.717, 1.165) is 38.2 Å². The van der Waals surface area contributed by atoms with Gasteiger partial charge in [-0.15, -0.1) is 0 Å². The number of aromatic nitrogens is 2. The van der Waals surface area contributed by atoms with Crippen LogP contribution in [-0.2, 0) is 11.3 Å². The second-order valence-electron chi connectivity index (χ2n) is 5.70. The Morgan fingerprint density at radius 2 is 2.00 bits per heavy atom. The number of alkyl halides is 2. The summed E-state index contributed by atoms with van der Waals surface area (Å²) >= 11 is 0. The largest absolute Gasteiger partial charge is 0.399 e. The first-order valence-corrected chi connectivity index (χ1v) is 7.41. The van der Waals surface area contributed by atoms with Crippen molar-refractivity contribution in [1.29, 1.82) is 0 Å². The van der Waals surface area contributed by atoms with Gasteiger partial charge >= 0.3 is 0 Å². The predicted octanol–water partition coefficient (Wildman–Crippen LogP) is 3.50. The van der Waals surface area contributed by atoms with Gasteiger partial charge in [0.25, 0.3) is 6.43 Å². The minimum Gasteiger partial charge on any atom is -0.399 e. The summed E-state index contributed by atoms with van der Waals surface area (Å²) in [4.78, 5) is 0. The van der Waals surface area contributed by atoms with Crippen LogP contribution in [0.2, 0.25) is 0 Å². The lowest BCUT2D eigenvalue weighted by Crippen LogP contribution is -2.20. The molecule has 1 aliphatic heterocycles. The van der Waals surface area contributed by atoms with E-state index in [-0.39, 0.29) is 5.56 Å². The van der Waals surface area contributed by atoms with Crippen molar-refractivity contribution in [3.05, 3.63) is 36.2 Å². The molecule has 22 heavy (non-hydrogen) atoms. The molecule has 1 aliphatic rings. The van der Waals surface area contributed by atoms with Crippen LogP contribution < -0.4 is 5.73 Å². The lowest BCUT2D eigenvalue weighted by Gasteiger charge is -2.21. The van der Waals surface area contributed by atoms with Gasteiger partial charge < -0.3 is 10.5 Å². The summed E-state index contributed by atoms with van der Waals surface area (Å²) in [6.45, 7) is 2.42. The van der Waals surface area contributed by atoms with Gasteiger partial charge in [-0.25, -0.2) is 8.78 Å². The number of hydrogen-bond acceptors (Lipinski definition) is 3. The number of hydrogen-bond donors (Lipinski definition) is 1. The van der Waals surface area contributed by atoms with Crippen molar-refractivity contribution in [2.45, 2.75) is 25.8 Å². The molecule has 118 valence electrons. The van der Waals surface area contributed by atoms with E-state index in [0.29, 0.717) is 17.2 Å². The summed E-state index contributed by atoms with van der Waals surface area (Å²) in [7, 11) is 0. The van der Waals surface area contributed by atoms with Gasteiger partial charge in [-0.2, -0.15) is 5.10 Å². The number of rotatable bonds is 4. The first-order chi connectivity index (χ1) is 10.6. The van der Waals surface area contributed by atoms with Gasteiger partial charge in [0.15, 0.2) is 0 Å². The zero-order chi connectivity index (χ0) is 15.5. The molecule has 0 aliphatic carbocycles. The fraction of sp³-hybridized carbons (Fsp3) is 0.438. The molecule has 0 saturated carbocycles. The van der Waals surface area contributed by atoms with Crippen LogP contribution in [0.1, 0.15) is 24.8 Å². The zero-order valence-corrected chi connectivity index (χ0v) is 12.2. The molecule has 1 fully saturated rings. The average molecular weight is 307 g/mol. The fourth-order valence-electron chi connectivity index (χ4n) is 2.78. The molecular formula is C16H19F2N3O. The Hall–Kier alpha value is -1.95. The molecule has 0 radical (unpaired) electrons. The van der Waals surface area contributed by atoms with Gasteiger partial charge in [-0.1, -0.05) is 0 Å². The van der Waals surface area contributed by atoms with Gasteiger partial charge in [0.05, 0.1) is 6.20 Å². The maximum Gasteiger partial charge on any atom is 0.263 e. The molecule has 1 aromatic heterocycles. The van der Waals surface area contributed by atoms with Crippen molar-refractivity contribution in [1.82, 2.24) is 9.78 Å². The Morgan fingerprint density at radius 1 is 1.23 bits per heavy atom. The quantitative estimate of drug-likeness (QED) is 0.880. The van der Waals surface area contributed by atoms with E-state index in [1.807, 2.05) is 10.9 Å². The summed E-state index contributed by atoms with van der Waals surface area (Å²) in [5, 5.41) is 4.34. The Labute approximate surface area is 127 Å². The average Bonchev–Trinajstić information content (AvgIpc) is 2.96. The van der Waals surface area contributed by atoms with Crippen molar-refractivity contribution in [2.75, 3.05) is 18.9 Å². The third-order valence-corrected chi connectivity index (χ3v) is 3.98. The smallest absolute Gasteiger partial charge is 0.263 e. The SMILES string of the molecule is Nc1cc(-c2cnn(CC3CCOCC3)c2)cc(C(F)F)c1. The second-order valence-corrected chi connectivity index (χ2v) is 5.70. The molecule has 0 unspecified atom stereocenters. The van der Waals surface area contributed by atoms with E-state index in [1.165, 1.54) is 12.1 Å². The van der Waals surface area contributed by atoms with Crippen LogP contribution >= 0.6 is 0 Å². The number of ether oxygens (including phenoxy) is 1. The van der Waals surface area contributed by atoms with Gasteiger partial charge in [0, 0.05) is 42.8 Å². The molecule has 2 N–H and O–H groups in total. The molecule has 1 aromatic carbocycles. The molecule has 4 nitrogen and oxygen atoms in total. The number of anilines is 1. The van der Waals surface area contributed by atoms with Gasteiger partial charge in [-0.3, -0.25) is 4.68 Å². The predicted molar refractivity (Wildman–Crippen MR) is 80.6 cm³/mol. The standard InChI is InChI=1S/C16H19F2N3O/c17-16(18)13-5-12(6-15(19)7-13)14-8-20-21(10-14)9-11-1-3-22-4-2-11/h5-8,10-11,16H,1-4,9,19H2. The van der Waals surface area contributed by atoms with Crippen molar-refractivity contribution in [3.63, 3.8) is 0 Å². The Kier molecular flexibility index (Phi) is 4.38. The van der Waals surface area contributed by atoms with E-state index in [1.54, 1.807) is 12.3 Å². The molecule has 3 rings (SSSR count). The molecule has 0 amide bonds. The lowest BCUT2D eigenvalue weighted by molar-refractivity contribution is 0.0601. The molecular weight excluding hydrogens is 288 g/mol. The third-order valence-electron chi connectivity index (χ3n) is 3.98. The third kappa shape index (κ3) is 3.44. The summed E-state index contributed by atoms with van der Waals surface area (Å²) < 4.78 is 33.0. The molecule has 0 bridgehead atoms. The molecule has 0 spiro atoms. The Balaban J connectivity index is 1.78. The van der Waals surface area contributed by atoms with Crippen LogP contribution in [0.4, 0.5) is 14.5 Å². The minimum atomic E-state index is -2.53. The Bertz CT molecular complexity index is 636. The van der Waals surface area contributed by atoms with Crippen LogP contribution in [0.15, 0.2) is 30.6 Å². The van der Waals surface area contributed by atoms with E-state index < -0.39 is 6.43 Å². The van der Waals surface area contributed by atoms with E-state index in [2.05, 4.69) is 5.10 Å². The molecule has 2 heterocycles. The van der Waals surface area contributed by atoms with Crippen LogP contribution in [0.5, 0.6) is 0 Å². The van der Waals surface area contributed by atoms with Crippen LogP contribution in [-0.4, -0.2) is 23.0 Å². The highest BCUT2D eigenvalue weighted by molar-refractivity contribution is 5.67. The van der Waals surface area contributed by atoms with E-state index >= 15 is 0 Å². The number of halogens is 2. The van der Waals surface area contributed by atoms with Crippen LogP contribution in [0.3, 0.4) is 0 Å². The lowest BCUT2D eigenvalue weighted by atomic mass is 10.0. The number of nitrogen functional groups attached to an aromatic ring is 1. The van der Waals surface area contributed by atoms with Crippen LogP contribution in [0.25, 0.3) is 11.1 Å². The molecule has 6 heteroatoms. The Morgan fingerprint density at radius 3 is 2.73 bits per heavy atom. The first kappa shape index (κ1) is 15.0. The van der Waals surface area contributed by atoms with Gasteiger partial charge in [0.1, 0.15) is 0 Å². The maximum atomic E-state index is 12.9. The van der Waals surface area contributed by atoms with Crippen molar-refractivity contribution in [2.24, 2.45) is 5.92 Å². The highest BCUT2D eigenvalue weighted by atomic mass is 19.3. The maximum absolute atomic E-state index is 12.9. The monoisotopic (exact) mass is 307 g/mol. The van der Waals surface area contributed by atoms with Gasteiger partial charge in [0.2, 0.25) is 0 Å². The number of nitrogens with zero attached hydrogens (tertiary/aromatic N) is 2. The van der Waals surface area contributed by atoms with Crippen molar-refractivity contribution < 1.29 is 13.5 Å². The molecule has 0 atom stereocenters. The first-order valence-electron chi connectivity index (χ1n) is 7.41. The number of benzene rings is 1. The van der Waals surface area contributed by atoms with Crippen molar-refractivity contribution in [3.8, 4) is 11.1 Å². The normalized spacial score (nSPS) is 16.3. The van der Waals surface area contributed by atoms with E-state index in [4.69, 9.17) is 10.5 Å². The zero-order valence-electron chi connectivity index (χ0n) is 12.2. The summed E-state index contributed by atoms with van der Waals surface area (Å²) in [6, 6.07) is 4.47. The highest BCUT2D eigenvalue weighted by Gasteiger charge is 2.15. The molecule has 2 aromatic rings. The highest BCUT2D eigenvalue weighted by Crippen LogP contribution is 2.28. The summed E-state index contributed by atoms with van der Waals surface area (Å²) in [5.41, 5.74) is 7.47. The van der Waals surface area contributed by atoms with Gasteiger partial charge in [-0.05, 0) is 42.5 Å². The van der Waals surface area contributed by atoms with Crippen molar-refractivity contribution >= 4 is 5.69 Å². The summed E-state index contributed by atoms with van der Waals surface area (Å²) in [6.07, 6.45) is 3.12. The fourth-order valence-corrected chi connectivity index (χ4v) is 2.78. The second kappa shape index (κ2) is 6.44. The van der Waals surface area contributed by atoms with E-state index in [9.17, 15) is 8.78 Å². The minimum absolute atomic E-state index is 0.0628. The summed E-state index contributed by atoms with van der Waals surface area (Å²) in [5.74, 6) is 0.555. The molecule has 1 saturated heterocycles. The topological polar surface area (TPSA) is 53.1 Å². The van der Waals surface area contributed by atoms with Crippen LogP contribution in [0, 0.1) is 5.92 Å². The number of nitrogens with two attached hydrogens (primary N) is 1.